The first-order chi connectivity index (χ1) is 15.7. The molecule has 0 bridgehead atoms. The van der Waals surface area contributed by atoms with E-state index in [1.165, 1.54) is 57.7 Å². The first-order valence-electron chi connectivity index (χ1n) is 9.33. The maximum atomic E-state index is 13.4. The van der Waals surface area contributed by atoms with Gasteiger partial charge >= 0.3 is 0 Å². The van der Waals surface area contributed by atoms with Gasteiger partial charge in [0.05, 0.1) is 47.3 Å². The fourth-order valence-electron chi connectivity index (χ4n) is 3.14. The van der Waals surface area contributed by atoms with E-state index in [2.05, 4.69) is 0 Å². The fraction of sp³-hybridized carbons (Fsp3) is 0.130. The number of methoxy groups -OCH3 is 3. The average molecular weight is 527 g/mol. The van der Waals surface area contributed by atoms with Crippen molar-refractivity contribution in [1.82, 2.24) is 0 Å². The molecule has 0 saturated heterocycles. The van der Waals surface area contributed by atoms with E-state index in [-0.39, 0.29) is 48.6 Å². The molecule has 0 amide bonds. The van der Waals surface area contributed by atoms with Crippen molar-refractivity contribution >= 4 is 59.2 Å². The maximum Gasteiger partial charge on any atom is 0.254 e. The zero-order valence-electron chi connectivity index (χ0n) is 17.6. The molecule has 0 spiro atoms. The third kappa shape index (κ3) is 4.85. The van der Waals surface area contributed by atoms with Gasteiger partial charge in [-0.3, -0.25) is 14.2 Å². The monoisotopic (exact) mass is 525 g/mol. The topological polar surface area (TPSA) is 78.9 Å². The van der Waals surface area contributed by atoms with Crippen LogP contribution in [0.1, 0.15) is 26.3 Å². The molecule has 171 valence electrons. The number of hydrogen-bond donors (Lipinski definition) is 0. The summed E-state index contributed by atoms with van der Waals surface area (Å²) in [5.74, 6) is -0.00205. The second-order valence-electron chi connectivity index (χ2n) is 6.57. The summed E-state index contributed by atoms with van der Waals surface area (Å²) in [6.45, 7) is 0. The lowest BCUT2D eigenvalue weighted by Gasteiger charge is -2.15. The van der Waals surface area contributed by atoms with Gasteiger partial charge in [0.15, 0.2) is 13.6 Å². The van der Waals surface area contributed by atoms with E-state index >= 15 is 0 Å². The number of ketones is 1. The normalized spacial score (nSPS) is 11.0. The minimum atomic E-state index is -2.77. The van der Waals surface area contributed by atoms with Gasteiger partial charge in [0.25, 0.3) is 5.52 Å². The largest absolute Gasteiger partial charge is 0.496 e. The molecule has 33 heavy (non-hydrogen) atoms. The quantitative estimate of drug-likeness (QED) is 0.198. The molecule has 1 atom stereocenters. The van der Waals surface area contributed by atoms with Crippen LogP contribution in [0.5, 0.6) is 17.2 Å². The Labute approximate surface area is 206 Å². The van der Waals surface area contributed by atoms with Gasteiger partial charge in [-0.1, -0.05) is 46.9 Å². The number of halogens is 3. The molecular formula is C23H17Cl3O6P. The van der Waals surface area contributed by atoms with Crippen LogP contribution in [0.3, 0.4) is 0 Å². The SMILES string of the molecule is COc1cc(OC)c(C(=O)[P](=O)c2ccccc2C(=O)c2c(Cl)ccc(Cl)c2Cl)c(OC)c1. The Bertz CT molecular complexity index is 1250. The third-order valence-corrected chi connectivity index (χ3v) is 7.29. The Morgan fingerprint density at radius 1 is 0.788 bits per heavy atom. The highest BCUT2D eigenvalue weighted by atomic mass is 35.5. The van der Waals surface area contributed by atoms with Crippen molar-refractivity contribution < 1.29 is 28.4 Å². The Morgan fingerprint density at radius 3 is 1.94 bits per heavy atom. The Balaban J connectivity index is 2.13. The molecule has 0 aliphatic carbocycles. The summed E-state index contributed by atoms with van der Waals surface area (Å²) in [6.07, 6.45) is 0. The van der Waals surface area contributed by atoms with Gasteiger partial charge in [-0.15, -0.1) is 0 Å². The molecular weight excluding hydrogens is 510 g/mol. The van der Waals surface area contributed by atoms with Gasteiger partial charge < -0.3 is 14.2 Å². The molecule has 10 heteroatoms. The van der Waals surface area contributed by atoms with Crippen molar-refractivity contribution in [3.63, 3.8) is 0 Å². The number of hydrogen-bond acceptors (Lipinski definition) is 6. The molecule has 0 aliphatic rings. The summed E-state index contributed by atoms with van der Waals surface area (Å²) in [5, 5.41) is 0.179. The van der Waals surface area contributed by atoms with E-state index in [0.717, 1.165) is 0 Å². The number of carbonyl (C=O) groups excluding carboxylic acids is 2. The average Bonchev–Trinajstić information content (AvgIpc) is 2.84. The van der Waals surface area contributed by atoms with Crippen molar-refractivity contribution in [3.05, 3.63) is 80.3 Å². The summed E-state index contributed by atoms with van der Waals surface area (Å²) in [7, 11) is 1.40. The smallest absolute Gasteiger partial charge is 0.254 e. The van der Waals surface area contributed by atoms with Gasteiger partial charge in [-0.2, -0.15) is 0 Å². The molecule has 1 radical (unpaired) electrons. The molecule has 0 heterocycles. The van der Waals surface area contributed by atoms with Gasteiger partial charge in [-0.05, 0) is 24.3 Å². The molecule has 3 rings (SSSR count). The van der Waals surface area contributed by atoms with Crippen molar-refractivity contribution in [1.29, 1.82) is 0 Å². The van der Waals surface area contributed by atoms with E-state index in [9.17, 15) is 14.2 Å². The molecule has 6 nitrogen and oxygen atoms in total. The predicted molar refractivity (Wildman–Crippen MR) is 129 cm³/mol. The molecule has 0 N–H and O–H groups in total. The second kappa shape index (κ2) is 10.5. The van der Waals surface area contributed by atoms with Gasteiger partial charge in [0, 0.05) is 17.7 Å². The highest BCUT2D eigenvalue weighted by Gasteiger charge is 2.30. The van der Waals surface area contributed by atoms with Crippen LogP contribution in [-0.2, 0) is 4.57 Å². The predicted octanol–water partition coefficient (Wildman–Crippen LogP) is 6.20. The summed E-state index contributed by atoms with van der Waals surface area (Å²) in [4.78, 5) is 26.7. The number of ether oxygens (including phenoxy) is 3. The molecule has 1 unspecified atom stereocenters. The molecule has 3 aromatic carbocycles. The van der Waals surface area contributed by atoms with Crippen LogP contribution in [0.15, 0.2) is 48.5 Å². The van der Waals surface area contributed by atoms with Crippen LogP contribution in [0.4, 0.5) is 0 Å². The number of benzene rings is 3. The Morgan fingerprint density at radius 2 is 1.36 bits per heavy atom. The maximum absolute atomic E-state index is 13.4. The number of carbonyl (C=O) groups is 2. The number of rotatable bonds is 8. The van der Waals surface area contributed by atoms with Crippen molar-refractivity contribution in [2.45, 2.75) is 0 Å². The molecule has 0 aromatic heterocycles. The fourth-order valence-corrected chi connectivity index (χ4v) is 5.10. The summed E-state index contributed by atoms with van der Waals surface area (Å²) in [5.41, 5.74) is -0.869. The van der Waals surface area contributed by atoms with Crippen LogP contribution in [0.25, 0.3) is 0 Å². The summed E-state index contributed by atoms with van der Waals surface area (Å²) < 4.78 is 29.2. The van der Waals surface area contributed by atoms with Crippen molar-refractivity contribution in [2.24, 2.45) is 0 Å². The lowest BCUT2D eigenvalue weighted by Crippen LogP contribution is -2.17. The van der Waals surface area contributed by atoms with E-state index < -0.39 is 19.1 Å². The Hall–Kier alpha value is -2.63. The Kier molecular flexibility index (Phi) is 7.98. The molecule has 3 aromatic rings. The van der Waals surface area contributed by atoms with Crippen LogP contribution >= 0.6 is 42.6 Å². The lowest BCUT2D eigenvalue weighted by atomic mass is 10.0. The van der Waals surface area contributed by atoms with Gasteiger partial charge in [0.1, 0.15) is 22.8 Å². The summed E-state index contributed by atoms with van der Waals surface area (Å²) >= 11 is 18.5. The van der Waals surface area contributed by atoms with Gasteiger partial charge in [-0.25, -0.2) is 0 Å². The highest BCUT2D eigenvalue weighted by Crippen LogP contribution is 2.41. The van der Waals surface area contributed by atoms with Crippen LogP contribution in [0.2, 0.25) is 15.1 Å². The first kappa shape index (κ1) is 25.0. The lowest BCUT2D eigenvalue weighted by molar-refractivity contribution is 0.103. The summed E-state index contributed by atoms with van der Waals surface area (Å²) in [6, 6.07) is 11.8. The van der Waals surface area contributed by atoms with E-state index in [1.807, 2.05) is 0 Å². The zero-order valence-corrected chi connectivity index (χ0v) is 20.8. The van der Waals surface area contributed by atoms with Crippen LogP contribution in [0, 0.1) is 0 Å². The minimum Gasteiger partial charge on any atom is -0.496 e. The molecule has 0 saturated carbocycles. The van der Waals surface area contributed by atoms with E-state index in [1.54, 1.807) is 12.1 Å². The van der Waals surface area contributed by atoms with E-state index in [4.69, 9.17) is 49.0 Å². The third-order valence-electron chi connectivity index (χ3n) is 4.75. The van der Waals surface area contributed by atoms with Crippen LogP contribution in [-0.4, -0.2) is 32.6 Å². The first-order valence-corrected chi connectivity index (χ1v) is 11.7. The highest BCUT2D eigenvalue weighted by molar-refractivity contribution is 7.71. The molecule has 0 aliphatic heterocycles. The van der Waals surface area contributed by atoms with E-state index in [0.29, 0.717) is 5.75 Å². The minimum absolute atomic E-state index is 0.00414. The second-order valence-corrected chi connectivity index (χ2v) is 9.24. The van der Waals surface area contributed by atoms with Gasteiger partial charge in [0.2, 0.25) is 0 Å². The van der Waals surface area contributed by atoms with Crippen molar-refractivity contribution in [2.75, 3.05) is 21.3 Å². The standard InChI is InChI=1S/C23H17Cl3O6P/c1-30-12-10-16(31-2)20(17(11-12)32-3)23(28)33(29)18-7-5-4-6-13(18)22(27)19-14(24)8-9-15(25)21(19)26/h4-11H,1-3H3. The molecule has 0 fully saturated rings. The van der Waals surface area contributed by atoms with Crippen molar-refractivity contribution in [3.8, 4) is 17.2 Å². The van der Waals surface area contributed by atoms with Crippen LogP contribution < -0.4 is 19.5 Å². The zero-order chi connectivity index (χ0) is 24.3.